The number of nitrogens with zero attached hydrogens (tertiary/aromatic N) is 1. The third-order valence-corrected chi connectivity index (χ3v) is 5.19. The highest BCUT2D eigenvalue weighted by atomic mass is 127. The summed E-state index contributed by atoms with van der Waals surface area (Å²) in [5.41, 5.74) is 1.97. The minimum Gasteiger partial charge on any atom is -0.486 e. The molecule has 3 aromatic rings. The van der Waals surface area contributed by atoms with Crippen LogP contribution in [0.3, 0.4) is 0 Å². The van der Waals surface area contributed by atoms with Gasteiger partial charge in [0, 0.05) is 9.13 Å². The number of allylic oxidation sites excluding steroid dienone is 1. The number of benzene rings is 3. The molecule has 0 N–H and O–H groups in total. The summed E-state index contributed by atoms with van der Waals surface area (Å²) < 4.78 is 20.9. The molecule has 0 unspecified atom stereocenters. The largest absolute Gasteiger partial charge is 0.486 e. The van der Waals surface area contributed by atoms with E-state index in [2.05, 4.69) is 22.6 Å². The molecule has 0 atom stereocenters. The molecule has 3 rings (SSSR count). The lowest BCUT2D eigenvalue weighted by atomic mass is 10.0. The average molecular weight is 524 g/mol. The summed E-state index contributed by atoms with van der Waals surface area (Å²) in [6, 6.07) is 19.3. The van der Waals surface area contributed by atoms with Gasteiger partial charge in [-0.25, -0.2) is 4.39 Å². The molecule has 0 spiro atoms. The molecule has 0 aromatic heterocycles. The van der Waals surface area contributed by atoms with Crippen molar-refractivity contribution in [1.82, 2.24) is 0 Å². The topological polar surface area (TPSA) is 33.0 Å². The molecule has 0 saturated heterocycles. The zero-order valence-electron chi connectivity index (χ0n) is 14.4. The fourth-order valence-corrected chi connectivity index (χ4v) is 3.53. The number of halogens is 4. The first-order valence-corrected chi connectivity index (χ1v) is 10.0. The highest BCUT2D eigenvalue weighted by molar-refractivity contribution is 14.1. The minimum absolute atomic E-state index is 0.179. The van der Waals surface area contributed by atoms with E-state index in [1.165, 1.54) is 6.07 Å². The lowest BCUT2D eigenvalue weighted by Gasteiger charge is -2.11. The predicted molar refractivity (Wildman–Crippen MR) is 120 cm³/mol. The maximum absolute atomic E-state index is 14.0. The first-order valence-electron chi connectivity index (χ1n) is 8.21. The molecule has 0 bridgehead atoms. The van der Waals surface area contributed by atoms with E-state index < -0.39 is 5.82 Å². The van der Waals surface area contributed by atoms with Gasteiger partial charge in [0.15, 0.2) is 5.75 Å². The number of nitriles is 1. The zero-order valence-corrected chi connectivity index (χ0v) is 18.1. The van der Waals surface area contributed by atoms with E-state index in [0.717, 1.165) is 9.13 Å². The summed E-state index contributed by atoms with van der Waals surface area (Å²) in [5, 5.41) is 10.0. The van der Waals surface area contributed by atoms with Gasteiger partial charge in [-0.3, -0.25) is 0 Å². The van der Waals surface area contributed by atoms with Crippen LogP contribution in [0.25, 0.3) is 11.6 Å². The Kier molecular flexibility index (Phi) is 6.95. The smallest absolute Gasteiger partial charge is 0.157 e. The molecular formula is C22H13Cl2FINO. The van der Waals surface area contributed by atoms with Gasteiger partial charge in [-0.05, 0) is 70.1 Å². The van der Waals surface area contributed by atoms with Crippen LogP contribution in [0.4, 0.5) is 4.39 Å². The van der Waals surface area contributed by atoms with Crippen LogP contribution < -0.4 is 4.74 Å². The van der Waals surface area contributed by atoms with E-state index in [1.807, 2.05) is 30.3 Å². The van der Waals surface area contributed by atoms with E-state index >= 15 is 0 Å². The molecule has 0 radical (unpaired) electrons. The summed E-state index contributed by atoms with van der Waals surface area (Å²) >= 11 is 14.9. The maximum atomic E-state index is 14.0. The molecule has 0 aliphatic rings. The van der Waals surface area contributed by atoms with Crippen molar-refractivity contribution in [2.75, 3.05) is 0 Å². The van der Waals surface area contributed by atoms with Crippen molar-refractivity contribution in [3.8, 4) is 11.8 Å². The Morgan fingerprint density at radius 2 is 1.71 bits per heavy atom. The van der Waals surface area contributed by atoms with Gasteiger partial charge < -0.3 is 4.74 Å². The van der Waals surface area contributed by atoms with E-state index in [1.54, 1.807) is 36.4 Å². The summed E-state index contributed by atoms with van der Waals surface area (Å²) in [6.45, 7) is 0.324. The molecule has 28 heavy (non-hydrogen) atoms. The first-order chi connectivity index (χ1) is 13.5. The van der Waals surface area contributed by atoms with Crippen LogP contribution in [0.1, 0.15) is 16.7 Å². The second-order valence-corrected chi connectivity index (χ2v) is 7.94. The van der Waals surface area contributed by atoms with Crippen LogP contribution in [0.5, 0.6) is 5.75 Å². The highest BCUT2D eigenvalue weighted by Crippen LogP contribution is 2.36. The molecule has 0 aliphatic heterocycles. The third-order valence-electron chi connectivity index (χ3n) is 3.91. The Morgan fingerprint density at radius 3 is 2.32 bits per heavy atom. The Morgan fingerprint density at radius 1 is 1.07 bits per heavy atom. The van der Waals surface area contributed by atoms with Crippen LogP contribution in [0.2, 0.25) is 10.0 Å². The molecule has 3 aromatic carbocycles. The molecule has 0 aliphatic carbocycles. The normalized spacial score (nSPS) is 11.2. The summed E-state index contributed by atoms with van der Waals surface area (Å²) in [7, 11) is 0. The van der Waals surface area contributed by atoms with Crippen LogP contribution in [-0.2, 0) is 6.61 Å². The molecule has 140 valence electrons. The third kappa shape index (κ3) is 5.05. The molecular weight excluding hydrogens is 511 g/mol. The van der Waals surface area contributed by atoms with Crippen LogP contribution in [0, 0.1) is 20.7 Å². The van der Waals surface area contributed by atoms with Crippen molar-refractivity contribution < 1.29 is 9.13 Å². The zero-order chi connectivity index (χ0) is 20.1. The Hall–Kier alpha value is -2.07. The van der Waals surface area contributed by atoms with Crippen molar-refractivity contribution in [1.29, 1.82) is 5.26 Å². The predicted octanol–water partition coefficient (Wildman–Crippen LogP) is 7.38. The number of ether oxygens (including phenoxy) is 1. The van der Waals surface area contributed by atoms with Crippen LogP contribution in [0.15, 0.2) is 60.7 Å². The van der Waals surface area contributed by atoms with Crippen molar-refractivity contribution in [2.45, 2.75) is 6.61 Å². The second kappa shape index (κ2) is 9.42. The van der Waals surface area contributed by atoms with Crippen molar-refractivity contribution >= 4 is 57.4 Å². The van der Waals surface area contributed by atoms with Crippen LogP contribution in [-0.4, -0.2) is 0 Å². The molecule has 0 fully saturated rings. The van der Waals surface area contributed by atoms with Gasteiger partial charge >= 0.3 is 0 Å². The molecule has 6 heteroatoms. The van der Waals surface area contributed by atoms with E-state index in [4.69, 9.17) is 27.9 Å². The summed E-state index contributed by atoms with van der Waals surface area (Å²) in [4.78, 5) is 0. The van der Waals surface area contributed by atoms with Gasteiger partial charge in [-0.1, -0.05) is 53.5 Å². The van der Waals surface area contributed by atoms with Gasteiger partial charge in [0.2, 0.25) is 0 Å². The maximum Gasteiger partial charge on any atom is 0.157 e. The SMILES string of the molecule is N#C/C(=C/c1cc(Cl)c(OCc2ccc(I)cc2)c(Cl)c1)c1ccccc1F. The second-order valence-electron chi connectivity index (χ2n) is 5.88. The summed E-state index contributed by atoms with van der Waals surface area (Å²) in [5.74, 6) is -0.103. The fourth-order valence-electron chi connectivity index (χ4n) is 2.55. The molecule has 0 saturated carbocycles. The Labute approximate surface area is 186 Å². The molecule has 2 nitrogen and oxygen atoms in total. The van der Waals surface area contributed by atoms with Gasteiger partial charge in [-0.15, -0.1) is 0 Å². The van der Waals surface area contributed by atoms with Crippen molar-refractivity contribution in [3.63, 3.8) is 0 Å². The van der Waals surface area contributed by atoms with Crippen molar-refractivity contribution in [2.24, 2.45) is 0 Å². The van der Waals surface area contributed by atoms with Gasteiger partial charge in [0.1, 0.15) is 12.4 Å². The van der Waals surface area contributed by atoms with Gasteiger partial charge in [0.25, 0.3) is 0 Å². The fraction of sp³-hybridized carbons (Fsp3) is 0.0455. The quantitative estimate of drug-likeness (QED) is 0.198. The van der Waals surface area contributed by atoms with E-state index in [9.17, 15) is 9.65 Å². The van der Waals surface area contributed by atoms with Crippen molar-refractivity contribution in [3.05, 3.63) is 96.8 Å². The number of hydrogen-bond acceptors (Lipinski definition) is 2. The van der Waals surface area contributed by atoms with Crippen LogP contribution >= 0.6 is 45.8 Å². The monoisotopic (exact) mass is 523 g/mol. The number of hydrogen-bond donors (Lipinski definition) is 0. The number of rotatable bonds is 5. The highest BCUT2D eigenvalue weighted by Gasteiger charge is 2.12. The first kappa shape index (κ1) is 20.7. The molecule has 0 amide bonds. The van der Waals surface area contributed by atoms with E-state index in [0.29, 0.717) is 28.0 Å². The lowest BCUT2D eigenvalue weighted by molar-refractivity contribution is 0.306. The summed E-state index contributed by atoms with van der Waals surface area (Å²) in [6.07, 6.45) is 1.54. The van der Waals surface area contributed by atoms with E-state index in [-0.39, 0.29) is 11.1 Å². The minimum atomic E-state index is -0.468. The lowest BCUT2D eigenvalue weighted by Crippen LogP contribution is -1.97. The standard InChI is InChI=1S/C22H13Cl2FINO/c23-19-10-15(9-16(12-27)18-3-1-2-4-21(18)25)11-20(24)22(19)28-13-14-5-7-17(26)8-6-14/h1-11H,13H2/b16-9-. The molecule has 0 heterocycles. The average Bonchev–Trinajstić information content (AvgIpc) is 2.67. The van der Waals surface area contributed by atoms with Gasteiger partial charge in [-0.2, -0.15) is 5.26 Å². The Balaban J connectivity index is 1.86. The van der Waals surface area contributed by atoms with Gasteiger partial charge in [0.05, 0.1) is 21.7 Å². The Bertz CT molecular complexity index is 1050.